The van der Waals surface area contributed by atoms with Gasteiger partial charge in [-0.15, -0.1) is 0 Å². The van der Waals surface area contributed by atoms with Gasteiger partial charge in [0.05, 0.1) is 19.9 Å². The summed E-state index contributed by atoms with van der Waals surface area (Å²) in [7, 11) is 3.25. The second-order valence-corrected chi connectivity index (χ2v) is 5.25. The van der Waals surface area contributed by atoms with Gasteiger partial charge < -0.3 is 14.9 Å². The Morgan fingerprint density at radius 2 is 1.95 bits per heavy atom. The highest BCUT2D eigenvalue weighted by Gasteiger charge is 2.36. The average Bonchev–Trinajstić information content (AvgIpc) is 2.47. The first-order chi connectivity index (χ1) is 9.63. The van der Waals surface area contributed by atoms with E-state index in [0.717, 1.165) is 24.3 Å². The van der Waals surface area contributed by atoms with Crippen LogP contribution in [0.4, 0.5) is 0 Å². The number of methoxy groups -OCH3 is 2. The molecule has 1 atom stereocenters. The zero-order chi connectivity index (χ0) is 14.3. The Morgan fingerprint density at radius 1 is 1.25 bits per heavy atom. The normalized spacial score (nSPS) is 22.2. The van der Waals surface area contributed by atoms with Crippen molar-refractivity contribution >= 4 is 11.5 Å². The van der Waals surface area contributed by atoms with Gasteiger partial charge in [0.1, 0.15) is 0 Å². The van der Waals surface area contributed by atoms with E-state index in [2.05, 4.69) is 4.90 Å². The number of piperidine rings is 1. The van der Waals surface area contributed by atoms with Gasteiger partial charge >= 0.3 is 0 Å². The predicted molar refractivity (Wildman–Crippen MR) is 74.9 cm³/mol. The fraction of sp³-hybridized carbons (Fsp3) is 0.467. The lowest BCUT2D eigenvalue weighted by molar-refractivity contribution is -0.115. The summed E-state index contributed by atoms with van der Waals surface area (Å²) in [6, 6.07) is 4.06. The molecule has 106 valence electrons. The van der Waals surface area contributed by atoms with E-state index in [-0.39, 0.29) is 17.5 Å². The average molecular weight is 274 g/mol. The quantitative estimate of drug-likeness (QED) is 0.889. The summed E-state index contributed by atoms with van der Waals surface area (Å²) in [5.74, 6) is 1.38. The SMILES string of the molecule is COc1cc2c(cc1OC)C1CC(=O)C(=N)CN1CC2. The topological polar surface area (TPSA) is 62.6 Å². The summed E-state index contributed by atoms with van der Waals surface area (Å²) in [6.45, 7) is 1.33. The van der Waals surface area contributed by atoms with Crippen molar-refractivity contribution in [1.82, 2.24) is 4.90 Å². The molecule has 0 bridgehead atoms. The van der Waals surface area contributed by atoms with Crippen molar-refractivity contribution in [3.05, 3.63) is 23.3 Å². The van der Waals surface area contributed by atoms with Gasteiger partial charge in [-0.3, -0.25) is 9.69 Å². The van der Waals surface area contributed by atoms with Crippen molar-refractivity contribution in [1.29, 1.82) is 5.41 Å². The minimum atomic E-state index is -0.0473. The van der Waals surface area contributed by atoms with E-state index in [0.29, 0.717) is 18.7 Å². The minimum absolute atomic E-state index is 0.0473. The van der Waals surface area contributed by atoms with Crippen LogP contribution in [-0.4, -0.2) is 43.7 Å². The number of carbonyl (C=O) groups is 1. The van der Waals surface area contributed by atoms with Crippen LogP contribution in [0.3, 0.4) is 0 Å². The number of hydrogen-bond acceptors (Lipinski definition) is 5. The Bertz CT molecular complexity index is 583. The predicted octanol–water partition coefficient (Wildman–Crippen LogP) is 1.60. The zero-order valence-corrected chi connectivity index (χ0v) is 11.7. The number of ether oxygens (including phenoxy) is 2. The van der Waals surface area contributed by atoms with Crippen LogP contribution in [0, 0.1) is 5.41 Å². The Kier molecular flexibility index (Phi) is 3.22. The van der Waals surface area contributed by atoms with E-state index in [1.54, 1.807) is 14.2 Å². The highest BCUT2D eigenvalue weighted by molar-refractivity contribution is 6.40. The van der Waals surface area contributed by atoms with Crippen molar-refractivity contribution in [3.8, 4) is 11.5 Å². The molecule has 3 rings (SSSR count). The van der Waals surface area contributed by atoms with Crippen molar-refractivity contribution in [3.63, 3.8) is 0 Å². The van der Waals surface area contributed by atoms with Crippen LogP contribution in [0.15, 0.2) is 12.1 Å². The number of Topliss-reactive ketones (excluding diaryl/α,β-unsaturated/α-hetero) is 1. The summed E-state index contributed by atoms with van der Waals surface area (Å²) in [6.07, 6.45) is 1.30. The smallest absolute Gasteiger partial charge is 0.179 e. The maximum Gasteiger partial charge on any atom is 0.179 e. The number of benzene rings is 1. The molecular formula is C15H18N2O3. The Morgan fingerprint density at radius 3 is 2.65 bits per heavy atom. The first-order valence-corrected chi connectivity index (χ1v) is 6.73. The second-order valence-electron chi connectivity index (χ2n) is 5.25. The summed E-state index contributed by atoms with van der Waals surface area (Å²) in [5.41, 5.74) is 2.57. The number of carbonyl (C=O) groups excluding carboxylic acids is 1. The van der Waals surface area contributed by atoms with Crippen molar-refractivity contribution in [2.45, 2.75) is 18.9 Å². The third kappa shape index (κ3) is 1.98. The standard InChI is InChI=1S/C15H18N2O3/c1-19-14-5-9-3-4-17-8-11(16)13(18)7-12(17)10(9)6-15(14)20-2/h5-6,12,16H,3-4,7-8H2,1-2H3. The minimum Gasteiger partial charge on any atom is -0.493 e. The summed E-state index contributed by atoms with van der Waals surface area (Å²) < 4.78 is 10.7. The maximum absolute atomic E-state index is 11.8. The molecule has 1 unspecified atom stereocenters. The molecule has 0 saturated carbocycles. The molecule has 5 nitrogen and oxygen atoms in total. The molecule has 0 aromatic heterocycles. The first kappa shape index (κ1) is 13.1. The third-order valence-corrected chi connectivity index (χ3v) is 4.19. The number of ketones is 1. The van der Waals surface area contributed by atoms with Gasteiger partial charge in [-0.25, -0.2) is 0 Å². The van der Waals surface area contributed by atoms with Gasteiger partial charge in [0.25, 0.3) is 0 Å². The second kappa shape index (κ2) is 4.90. The van der Waals surface area contributed by atoms with Crippen molar-refractivity contribution in [2.75, 3.05) is 27.3 Å². The lowest BCUT2D eigenvalue weighted by Crippen LogP contribution is -2.46. The van der Waals surface area contributed by atoms with Crippen LogP contribution >= 0.6 is 0 Å². The summed E-state index contributed by atoms with van der Waals surface area (Å²) in [4.78, 5) is 14.0. The van der Waals surface area contributed by atoms with Gasteiger partial charge in [0.2, 0.25) is 0 Å². The maximum atomic E-state index is 11.8. The summed E-state index contributed by atoms with van der Waals surface area (Å²) in [5, 5.41) is 7.71. The third-order valence-electron chi connectivity index (χ3n) is 4.19. The monoisotopic (exact) mass is 274 g/mol. The van der Waals surface area contributed by atoms with Gasteiger partial charge in [0, 0.05) is 25.6 Å². The van der Waals surface area contributed by atoms with Crippen LogP contribution in [-0.2, 0) is 11.2 Å². The fourth-order valence-electron chi connectivity index (χ4n) is 3.10. The van der Waals surface area contributed by atoms with E-state index >= 15 is 0 Å². The van der Waals surface area contributed by atoms with Crippen molar-refractivity contribution < 1.29 is 14.3 Å². The number of fused-ring (bicyclic) bond motifs is 3. The largest absolute Gasteiger partial charge is 0.493 e. The van der Waals surface area contributed by atoms with Gasteiger partial charge in [0.15, 0.2) is 17.3 Å². The molecule has 1 aromatic carbocycles. The van der Waals surface area contributed by atoms with Gasteiger partial charge in [-0.1, -0.05) is 0 Å². The lowest BCUT2D eigenvalue weighted by atomic mass is 9.85. The molecule has 0 aliphatic carbocycles. The van der Waals surface area contributed by atoms with Crippen LogP contribution in [0.25, 0.3) is 0 Å². The first-order valence-electron chi connectivity index (χ1n) is 6.73. The Balaban J connectivity index is 2.03. The molecule has 2 aliphatic rings. The highest BCUT2D eigenvalue weighted by atomic mass is 16.5. The van der Waals surface area contributed by atoms with Crippen LogP contribution in [0.5, 0.6) is 11.5 Å². The van der Waals surface area contributed by atoms with E-state index < -0.39 is 0 Å². The Hall–Kier alpha value is -1.88. The molecule has 1 N–H and O–H groups in total. The number of hydrogen-bond donors (Lipinski definition) is 1. The lowest BCUT2D eigenvalue weighted by Gasteiger charge is -2.40. The van der Waals surface area contributed by atoms with Gasteiger partial charge in [-0.05, 0) is 29.7 Å². The summed E-state index contributed by atoms with van der Waals surface area (Å²) >= 11 is 0. The van der Waals surface area contributed by atoms with Gasteiger partial charge in [-0.2, -0.15) is 0 Å². The van der Waals surface area contributed by atoms with E-state index in [1.807, 2.05) is 12.1 Å². The van der Waals surface area contributed by atoms with Crippen LogP contribution in [0.2, 0.25) is 0 Å². The molecule has 0 spiro atoms. The molecule has 20 heavy (non-hydrogen) atoms. The van der Waals surface area contributed by atoms with E-state index in [4.69, 9.17) is 14.9 Å². The van der Waals surface area contributed by atoms with Crippen LogP contribution in [0.1, 0.15) is 23.6 Å². The molecule has 0 radical (unpaired) electrons. The van der Waals surface area contributed by atoms with Crippen LogP contribution < -0.4 is 9.47 Å². The Labute approximate surface area is 118 Å². The highest BCUT2D eigenvalue weighted by Crippen LogP contribution is 2.40. The zero-order valence-electron chi connectivity index (χ0n) is 11.7. The molecule has 1 fully saturated rings. The number of nitrogens with one attached hydrogen (secondary N) is 1. The molecule has 2 heterocycles. The molecule has 1 saturated heterocycles. The number of rotatable bonds is 2. The molecule has 5 heteroatoms. The molecular weight excluding hydrogens is 256 g/mol. The number of nitrogens with zero attached hydrogens (tertiary/aromatic N) is 1. The fourth-order valence-corrected chi connectivity index (χ4v) is 3.10. The van der Waals surface area contributed by atoms with Crippen molar-refractivity contribution in [2.24, 2.45) is 0 Å². The van der Waals surface area contributed by atoms with E-state index in [1.165, 1.54) is 5.56 Å². The molecule has 2 aliphatic heterocycles. The van der Waals surface area contributed by atoms with E-state index in [9.17, 15) is 4.79 Å². The molecule has 1 aromatic rings. The molecule has 0 amide bonds.